The minimum absolute atomic E-state index is 0.535. The molecule has 1 heterocycles. The van der Waals surface area contributed by atoms with Crippen molar-refractivity contribution in [2.24, 2.45) is 0 Å². The molecule has 1 aromatic carbocycles. The summed E-state index contributed by atoms with van der Waals surface area (Å²) >= 11 is 6.02. The second-order valence-electron chi connectivity index (χ2n) is 3.90. The summed E-state index contributed by atoms with van der Waals surface area (Å²) in [6, 6.07) is 8.36. The molecule has 0 amide bonds. The van der Waals surface area contributed by atoms with E-state index < -0.39 is 0 Å². The lowest BCUT2D eigenvalue weighted by Gasteiger charge is -2.11. The van der Waals surface area contributed by atoms with Gasteiger partial charge in [-0.15, -0.1) is 0 Å². The molecule has 0 aliphatic carbocycles. The van der Waals surface area contributed by atoms with Gasteiger partial charge in [-0.2, -0.15) is 0 Å². The molecule has 3 heteroatoms. The number of halogens is 1. The average molecular weight is 226 g/mol. The Morgan fingerprint density at radius 3 is 3.00 bits per heavy atom. The van der Waals surface area contributed by atoms with Crippen LogP contribution < -0.4 is 5.32 Å². The summed E-state index contributed by atoms with van der Waals surface area (Å²) in [5.74, 6) is 0. The van der Waals surface area contributed by atoms with Crippen LogP contribution in [-0.2, 0) is 11.3 Å². The van der Waals surface area contributed by atoms with E-state index in [-0.39, 0.29) is 0 Å². The molecule has 0 saturated carbocycles. The fourth-order valence-electron chi connectivity index (χ4n) is 1.83. The highest BCUT2D eigenvalue weighted by atomic mass is 35.5. The minimum atomic E-state index is 0.535. The maximum Gasteiger partial charge on any atom is 0.0732 e. The molecule has 1 aliphatic rings. The van der Waals surface area contributed by atoms with Crippen LogP contribution in [0.3, 0.4) is 0 Å². The maximum absolute atomic E-state index is 6.02. The van der Waals surface area contributed by atoms with Crippen LogP contribution in [0.15, 0.2) is 24.3 Å². The summed E-state index contributed by atoms with van der Waals surface area (Å²) in [6.45, 7) is 2.52. The molecule has 1 fully saturated rings. The second-order valence-corrected chi connectivity index (χ2v) is 4.31. The molecule has 0 radical (unpaired) electrons. The molecule has 0 aromatic heterocycles. The van der Waals surface area contributed by atoms with Gasteiger partial charge in [0.15, 0.2) is 0 Å². The number of hydrogen-bond donors (Lipinski definition) is 1. The van der Waals surface area contributed by atoms with Crippen molar-refractivity contribution in [3.05, 3.63) is 34.9 Å². The summed E-state index contributed by atoms with van der Waals surface area (Å²) < 4.78 is 5.64. The van der Waals surface area contributed by atoms with Gasteiger partial charge in [0.2, 0.25) is 0 Å². The summed E-state index contributed by atoms with van der Waals surface area (Å²) in [4.78, 5) is 0. The van der Waals surface area contributed by atoms with E-state index in [0.29, 0.717) is 12.6 Å². The van der Waals surface area contributed by atoms with E-state index >= 15 is 0 Å². The van der Waals surface area contributed by atoms with Crippen molar-refractivity contribution < 1.29 is 4.74 Å². The lowest BCUT2D eigenvalue weighted by Crippen LogP contribution is -2.26. The van der Waals surface area contributed by atoms with Gasteiger partial charge < -0.3 is 10.1 Å². The molecule has 1 aromatic rings. The van der Waals surface area contributed by atoms with Gasteiger partial charge in [0.05, 0.1) is 13.2 Å². The smallest absolute Gasteiger partial charge is 0.0732 e. The molecule has 15 heavy (non-hydrogen) atoms. The summed E-state index contributed by atoms with van der Waals surface area (Å²) in [7, 11) is 0. The number of rotatable bonds is 4. The number of nitrogens with one attached hydrogen (secondary N) is 1. The molecular formula is C12H16ClNO. The maximum atomic E-state index is 6.02. The zero-order valence-corrected chi connectivity index (χ0v) is 9.46. The third kappa shape index (κ3) is 3.20. The largest absolute Gasteiger partial charge is 0.375 e. The van der Waals surface area contributed by atoms with Gasteiger partial charge >= 0.3 is 0 Å². The van der Waals surface area contributed by atoms with Crippen LogP contribution in [0.5, 0.6) is 0 Å². The average Bonchev–Trinajstić information content (AvgIpc) is 2.74. The van der Waals surface area contributed by atoms with Gasteiger partial charge in [-0.05, 0) is 31.0 Å². The Morgan fingerprint density at radius 1 is 1.40 bits per heavy atom. The summed E-state index contributed by atoms with van der Waals surface area (Å²) in [6.07, 6.45) is 2.49. The highest BCUT2D eigenvalue weighted by Gasteiger charge is 2.13. The lowest BCUT2D eigenvalue weighted by atomic mass is 10.2. The van der Waals surface area contributed by atoms with Gasteiger partial charge in [-0.1, -0.05) is 29.8 Å². The van der Waals surface area contributed by atoms with E-state index in [0.717, 1.165) is 23.7 Å². The minimum Gasteiger partial charge on any atom is -0.375 e. The van der Waals surface area contributed by atoms with Crippen LogP contribution >= 0.6 is 11.6 Å². The number of hydrogen-bond acceptors (Lipinski definition) is 2. The standard InChI is InChI=1S/C12H16ClNO/c13-12-6-2-1-4-10(12)8-15-9-11-5-3-7-14-11/h1-2,4,6,11,14H,3,5,7-9H2/t11-/m0/s1. The van der Waals surface area contributed by atoms with Gasteiger partial charge in [-0.3, -0.25) is 0 Å². The molecule has 2 rings (SSSR count). The van der Waals surface area contributed by atoms with Crippen molar-refractivity contribution in [1.29, 1.82) is 0 Å². The van der Waals surface area contributed by atoms with Crippen molar-refractivity contribution in [3.8, 4) is 0 Å². The third-order valence-corrected chi connectivity index (χ3v) is 3.07. The van der Waals surface area contributed by atoms with E-state index in [1.54, 1.807) is 0 Å². The van der Waals surface area contributed by atoms with E-state index in [4.69, 9.17) is 16.3 Å². The molecule has 1 N–H and O–H groups in total. The monoisotopic (exact) mass is 225 g/mol. The highest BCUT2D eigenvalue weighted by molar-refractivity contribution is 6.31. The van der Waals surface area contributed by atoms with Crippen LogP contribution in [-0.4, -0.2) is 19.2 Å². The normalized spacial score (nSPS) is 20.7. The first-order valence-corrected chi connectivity index (χ1v) is 5.78. The predicted octanol–water partition coefficient (Wildman–Crippen LogP) is 2.61. The van der Waals surface area contributed by atoms with Crippen LogP contribution in [0.25, 0.3) is 0 Å². The molecular weight excluding hydrogens is 210 g/mol. The van der Waals surface area contributed by atoms with Gasteiger partial charge in [0.1, 0.15) is 0 Å². The van der Waals surface area contributed by atoms with Crippen LogP contribution in [0.2, 0.25) is 5.02 Å². The highest BCUT2D eigenvalue weighted by Crippen LogP contribution is 2.16. The fraction of sp³-hybridized carbons (Fsp3) is 0.500. The van der Waals surface area contributed by atoms with Crippen molar-refractivity contribution in [2.45, 2.75) is 25.5 Å². The Kier molecular flexibility index (Phi) is 4.01. The van der Waals surface area contributed by atoms with E-state index in [1.165, 1.54) is 12.8 Å². The Labute approximate surface area is 95.6 Å². The zero-order valence-electron chi connectivity index (χ0n) is 8.71. The fourth-order valence-corrected chi connectivity index (χ4v) is 2.02. The molecule has 1 aliphatic heterocycles. The number of ether oxygens (including phenoxy) is 1. The molecule has 2 nitrogen and oxygen atoms in total. The molecule has 82 valence electrons. The SMILES string of the molecule is Clc1ccccc1COC[C@@H]1CCCN1. The first-order chi connectivity index (χ1) is 7.36. The first-order valence-electron chi connectivity index (χ1n) is 5.41. The van der Waals surface area contributed by atoms with Gasteiger partial charge in [0, 0.05) is 11.1 Å². The molecule has 1 saturated heterocycles. The van der Waals surface area contributed by atoms with Crippen molar-refractivity contribution in [2.75, 3.05) is 13.2 Å². The predicted molar refractivity (Wildman–Crippen MR) is 62.1 cm³/mol. The molecule has 0 bridgehead atoms. The van der Waals surface area contributed by atoms with Crippen LogP contribution in [0.4, 0.5) is 0 Å². The first kappa shape index (κ1) is 10.9. The van der Waals surface area contributed by atoms with Crippen molar-refractivity contribution >= 4 is 11.6 Å². The van der Waals surface area contributed by atoms with Crippen molar-refractivity contribution in [3.63, 3.8) is 0 Å². The second kappa shape index (κ2) is 5.50. The topological polar surface area (TPSA) is 21.3 Å². The third-order valence-electron chi connectivity index (χ3n) is 2.70. The number of benzene rings is 1. The summed E-state index contributed by atoms with van der Waals surface area (Å²) in [5, 5.41) is 4.19. The Bertz CT molecular complexity index is 310. The van der Waals surface area contributed by atoms with Crippen LogP contribution in [0, 0.1) is 0 Å². The van der Waals surface area contributed by atoms with E-state index in [9.17, 15) is 0 Å². The summed E-state index contributed by atoms with van der Waals surface area (Å²) in [5.41, 5.74) is 1.07. The molecule has 1 atom stereocenters. The zero-order chi connectivity index (χ0) is 10.5. The molecule has 0 spiro atoms. The molecule has 0 unspecified atom stereocenters. The van der Waals surface area contributed by atoms with Crippen LogP contribution in [0.1, 0.15) is 18.4 Å². The van der Waals surface area contributed by atoms with E-state index in [1.807, 2.05) is 24.3 Å². The van der Waals surface area contributed by atoms with Gasteiger partial charge in [0.25, 0.3) is 0 Å². The lowest BCUT2D eigenvalue weighted by molar-refractivity contribution is 0.103. The van der Waals surface area contributed by atoms with E-state index in [2.05, 4.69) is 5.32 Å². The quantitative estimate of drug-likeness (QED) is 0.851. The Hall–Kier alpha value is -0.570. The van der Waals surface area contributed by atoms with Gasteiger partial charge in [-0.25, -0.2) is 0 Å². The Balaban J connectivity index is 1.75. The van der Waals surface area contributed by atoms with Crippen molar-refractivity contribution in [1.82, 2.24) is 5.32 Å². The Morgan fingerprint density at radius 2 is 2.27 bits per heavy atom.